The number of unbranched alkanes of at least 4 members (excludes halogenated alkanes) is 1. The minimum atomic E-state index is -0.0173. The van der Waals surface area contributed by atoms with Gasteiger partial charge in [-0.2, -0.15) is 0 Å². The molecular weight excluding hydrogens is 568 g/mol. The molecular formula is C35H38N6O2S. The molecule has 0 bridgehead atoms. The van der Waals surface area contributed by atoms with E-state index < -0.39 is 0 Å². The summed E-state index contributed by atoms with van der Waals surface area (Å²) in [5.74, 6) is 1.02. The van der Waals surface area contributed by atoms with E-state index in [0.29, 0.717) is 37.8 Å². The number of hydrogen-bond donors (Lipinski definition) is 0. The normalized spacial score (nSPS) is 15.3. The number of carbonyl (C=O) groups excluding carboxylic acids is 2. The van der Waals surface area contributed by atoms with Crippen LogP contribution in [-0.2, 0) is 11.3 Å². The van der Waals surface area contributed by atoms with Crippen LogP contribution in [0.4, 0.5) is 0 Å². The number of piperazine rings is 1. The molecule has 226 valence electrons. The maximum absolute atomic E-state index is 13.1. The summed E-state index contributed by atoms with van der Waals surface area (Å²) in [5.41, 5.74) is 6.87. The lowest BCUT2D eigenvalue weighted by Gasteiger charge is -2.40. The fourth-order valence-electron chi connectivity index (χ4n) is 6.00. The Morgan fingerprint density at radius 3 is 2.52 bits per heavy atom. The lowest BCUT2D eigenvalue weighted by atomic mass is 10.1. The highest BCUT2D eigenvalue weighted by Gasteiger charge is 2.30. The van der Waals surface area contributed by atoms with E-state index >= 15 is 0 Å². The van der Waals surface area contributed by atoms with Crippen molar-refractivity contribution in [3.63, 3.8) is 0 Å². The standard InChI is InChI=1S/C35H38N6O2S/c1-24-16-17-30-29(21-24)32-33(41(30)23-27-12-5-4-6-13-27)36-35(38-37-32)44-20-10-9-15-31(42)39-18-19-40(26(3)22-39)34(43)28-14-8-7-11-25(28)2/h4-8,11-14,16-17,21,26H,9-10,15,18-20,22-23H2,1-3H3. The van der Waals surface area contributed by atoms with Gasteiger partial charge in [0.1, 0.15) is 5.52 Å². The van der Waals surface area contributed by atoms with Gasteiger partial charge >= 0.3 is 0 Å². The molecule has 0 spiro atoms. The lowest BCUT2D eigenvalue weighted by molar-refractivity contribution is -0.133. The van der Waals surface area contributed by atoms with Crippen LogP contribution in [0.2, 0.25) is 0 Å². The summed E-state index contributed by atoms with van der Waals surface area (Å²) in [4.78, 5) is 34.9. The van der Waals surface area contributed by atoms with Crippen LogP contribution in [0.5, 0.6) is 0 Å². The summed E-state index contributed by atoms with van der Waals surface area (Å²) in [7, 11) is 0. The van der Waals surface area contributed by atoms with Crippen LogP contribution in [-0.4, -0.2) is 72.8 Å². The first kappa shape index (κ1) is 29.8. The van der Waals surface area contributed by atoms with E-state index in [-0.39, 0.29) is 17.9 Å². The summed E-state index contributed by atoms with van der Waals surface area (Å²) in [6.45, 7) is 8.49. The lowest BCUT2D eigenvalue weighted by Crippen LogP contribution is -2.55. The smallest absolute Gasteiger partial charge is 0.254 e. The van der Waals surface area contributed by atoms with Gasteiger partial charge in [0, 0.05) is 55.3 Å². The van der Waals surface area contributed by atoms with Crippen LogP contribution in [0.25, 0.3) is 22.1 Å². The van der Waals surface area contributed by atoms with Crippen molar-refractivity contribution in [2.45, 2.75) is 57.8 Å². The first-order valence-corrected chi connectivity index (χ1v) is 16.3. The average Bonchev–Trinajstić information content (AvgIpc) is 3.32. The zero-order valence-corrected chi connectivity index (χ0v) is 26.4. The molecule has 5 aromatic rings. The predicted octanol–water partition coefficient (Wildman–Crippen LogP) is 6.28. The molecule has 8 nitrogen and oxygen atoms in total. The molecule has 0 radical (unpaired) electrons. The van der Waals surface area contributed by atoms with Gasteiger partial charge in [-0.1, -0.05) is 71.9 Å². The Kier molecular flexibility index (Phi) is 8.93. The molecule has 0 saturated carbocycles. The summed E-state index contributed by atoms with van der Waals surface area (Å²) >= 11 is 1.59. The molecule has 1 fully saturated rings. The van der Waals surface area contributed by atoms with E-state index in [1.807, 2.05) is 54.0 Å². The van der Waals surface area contributed by atoms with E-state index in [9.17, 15) is 9.59 Å². The van der Waals surface area contributed by atoms with E-state index in [1.165, 1.54) is 11.1 Å². The molecule has 2 amide bonds. The predicted molar refractivity (Wildman–Crippen MR) is 176 cm³/mol. The van der Waals surface area contributed by atoms with Gasteiger partial charge in [-0.25, -0.2) is 4.98 Å². The van der Waals surface area contributed by atoms with Gasteiger partial charge < -0.3 is 14.4 Å². The molecule has 1 atom stereocenters. The number of benzene rings is 3. The van der Waals surface area contributed by atoms with Gasteiger partial charge in [-0.3, -0.25) is 9.59 Å². The van der Waals surface area contributed by atoms with Crippen molar-refractivity contribution in [1.82, 2.24) is 29.5 Å². The van der Waals surface area contributed by atoms with Crippen LogP contribution in [0.3, 0.4) is 0 Å². The number of rotatable bonds is 9. The number of aryl methyl sites for hydroxylation is 2. The third-order valence-electron chi connectivity index (χ3n) is 8.42. The second kappa shape index (κ2) is 13.2. The highest BCUT2D eigenvalue weighted by atomic mass is 32.2. The van der Waals surface area contributed by atoms with Gasteiger partial charge in [-0.15, -0.1) is 10.2 Å². The van der Waals surface area contributed by atoms with Crippen molar-refractivity contribution in [3.05, 3.63) is 95.1 Å². The van der Waals surface area contributed by atoms with Crippen LogP contribution < -0.4 is 0 Å². The molecule has 3 heterocycles. The van der Waals surface area contributed by atoms with Crippen molar-refractivity contribution in [3.8, 4) is 0 Å². The fraction of sp³-hybridized carbons (Fsp3) is 0.343. The zero-order valence-electron chi connectivity index (χ0n) is 25.6. The molecule has 1 unspecified atom stereocenters. The maximum Gasteiger partial charge on any atom is 0.254 e. The Bertz CT molecular complexity index is 1800. The Labute approximate surface area is 262 Å². The molecule has 0 aliphatic carbocycles. The molecule has 1 aliphatic rings. The first-order chi connectivity index (χ1) is 21.4. The van der Waals surface area contributed by atoms with Gasteiger partial charge in [0.05, 0.1) is 5.52 Å². The summed E-state index contributed by atoms with van der Waals surface area (Å²) in [5, 5.41) is 10.8. The number of carbonyl (C=O) groups is 2. The highest BCUT2D eigenvalue weighted by molar-refractivity contribution is 7.99. The molecule has 0 N–H and O–H groups in total. The van der Waals surface area contributed by atoms with E-state index in [2.05, 4.69) is 64.2 Å². The molecule has 6 rings (SSSR count). The quantitative estimate of drug-likeness (QED) is 0.145. The Morgan fingerprint density at radius 2 is 1.73 bits per heavy atom. The molecule has 44 heavy (non-hydrogen) atoms. The Morgan fingerprint density at radius 1 is 0.932 bits per heavy atom. The second-order valence-electron chi connectivity index (χ2n) is 11.7. The van der Waals surface area contributed by atoms with Crippen LogP contribution >= 0.6 is 11.8 Å². The second-order valence-corrected chi connectivity index (χ2v) is 12.7. The summed E-state index contributed by atoms with van der Waals surface area (Å²) in [6.07, 6.45) is 2.18. The van der Waals surface area contributed by atoms with Crippen molar-refractivity contribution >= 4 is 45.6 Å². The molecule has 3 aromatic carbocycles. The van der Waals surface area contributed by atoms with Crippen molar-refractivity contribution < 1.29 is 9.59 Å². The third kappa shape index (κ3) is 6.33. The van der Waals surface area contributed by atoms with Crippen LogP contribution in [0.1, 0.15) is 53.2 Å². The number of nitrogens with zero attached hydrogens (tertiary/aromatic N) is 6. The van der Waals surface area contributed by atoms with Crippen molar-refractivity contribution in [2.75, 3.05) is 25.4 Å². The topological polar surface area (TPSA) is 84.2 Å². The van der Waals surface area contributed by atoms with Gasteiger partial charge in [0.15, 0.2) is 5.65 Å². The average molecular weight is 607 g/mol. The summed E-state index contributed by atoms with van der Waals surface area (Å²) in [6, 6.07) is 24.5. The number of hydrogen-bond acceptors (Lipinski definition) is 6. The Hall–Kier alpha value is -4.24. The molecule has 1 aliphatic heterocycles. The SMILES string of the molecule is Cc1ccc2c(c1)c1nnc(SCCCCC(=O)N3CCN(C(=O)c4ccccc4C)C(C)C3)nc1n2Cc1ccccc1. The minimum absolute atomic E-state index is 0.0173. The largest absolute Gasteiger partial charge is 0.339 e. The van der Waals surface area contributed by atoms with E-state index in [0.717, 1.165) is 51.8 Å². The van der Waals surface area contributed by atoms with Gasteiger partial charge in [0.2, 0.25) is 11.1 Å². The first-order valence-electron chi connectivity index (χ1n) is 15.3. The van der Waals surface area contributed by atoms with E-state index in [1.54, 1.807) is 11.8 Å². The molecule has 1 saturated heterocycles. The fourth-order valence-corrected chi connectivity index (χ4v) is 6.78. The van der Waals surface area contributed by atoms with Gasteiger partial charge in [0.25, 0.3) is 5.91 Å². The number of aromatic nitrogens is 4. The van der Waals surface area contributed by atoms with Crippen LogP contribution in [0, 0.1) is 13.8 Å². The summed E-state index contributed by atoms with van der Waals surface area (Å²) < 4.78 is 2.23. The molecule has 2 aromatic heterocycles. The Balaban J connectivity index is 1.03. The maximum atomic E-state index is 13.1. The monoisotopic (exact) mass is 606 g/mol. The number of amides is 2. The molecule has 9 heteroatoms. The van der Waals surface area contributed by atoms with E-state index in [4.69, 9.17) is 4.98 Å². The van der Waals surface area contributed by atoms with Crippen molar-refractivity contribution in [1.29, 1.82) is 0 Å². The number of fused-ring (bicyclic) bond motifs is 3. The van der Waals surface area contributed by atoms with Gasteiger partial charge in [-0.05, 0) is 62.9 Å². The highest BCUT2D eigenvalue weighted by Crippen LogP contribution is 2.29. The van der Waals surface area contributed by atoms with Crippen molar-refractivity contribution in [2.24, 2.45) is 0 Å². The van der Waals surface area contributed by atoms with Crippen LogP contribution in [0.15, 0.2) is 78.0 Å². The zero-order chi connectivity index (χ0) is 30.6. The minimum Gasteiger partial charge on any atom is -0.339 e. The third-order valence-corrected chi connectivity index (χ3v) is 9.34. The number of thioether (sulfide) groups is 1.